The molecule has 1 fully saturated rings. The molecule has 11 heteroatoms. The van der Waals surface area contributed by atoms with E-state index in [1.165, 1.54) is 0 Å². The zero-order valence-corrected chi connectivity index (χ0v) is 22.3. The van der Waals surface area contributed by atoms with Crippen molar-refractivity contribution < 1.29 is 4.79 Å². The van der Waals surface area contributed by atoms with Crippen LogP contribution in [0.3, 0.4) is 0 Å². The van der Waals surface area contributed by atoms with Crippen LogP contribution in [0.25, 0.3) is 11.5 Å². The van der Waals surface area contributed by atoms with Crippen LogP contribution in [0.5, 0.6) is 0 Å². The van der Waals surface area contributed by atoms with E-state index in [0.717, 1.165) is 46.8 Å². The lowest BCUT2D eigenvalue weighted by Crippen LogP contribution is -2.50. The molecule has 4 aliphatic heterocycles. The molecule has 0 spiro atoms. The molecular weight excluding hydrogens is 504 g/mol. The highest BCUT2D eigenvalue weighted by Crippen LogP contribution is 2.33. The quantitative estimate of drug-likeness (QED) is 0.464. The maximum absolute atomic E-state index is 12.9. The molecule has 7 rings (SSSR count). The van der Waals surface area contributed by atoms with Crippen molar-refractivity contribution in [2.75, 3.05) is 18.8 Å². The molecule has 1 aromatic carbocycles. The van der Waals surface area contributed by atoms with Crippen LogP contribution in [0.4, 0.5) is 5.82 Å². The van der Waals surface area contributed by atoms with Gasteiger partial charge in [-0.25, -0.2) is 10.0 Å². The number of nitrogens with one attached hydrogen (secondary N) is 1. The van der Waals surface area contributed by atoms with E-state index < -0.39 is 0 Å². The van der Waals surface area contributed by atoms with Gasteiger partial charge < -0.3 is 20.9 Å². The van der Waals surface area contributed by atoms with E-state index >= 15 is 0 Å². The van der Waals surface area contributed by atoms with Gasteiger partial charge in [-0.2, -0.15) is 10.2 Å². The lowest BCUT2D eigenvalue weighted by atomic mass is 9.87. The number of hydrogen-bond acceptors (Lipinski definition) is 8. The molecule has 5 N–H and O–H groups in total. The number of carbonyl (C=O) groups is 1. The lowest BCUT2D eigenvalue weighted by Gasteiger charge is -2.33. The van der Waals surface area contributed by atoms with Gasteiger partial charge in [0.2, 0.25) is 0 Å². The van der Waals surface area contributed by atoms with Crippen molar-refractivity contribution in [3.63, 3.8) is 0 Å². The third-order valence-corrected chi connectivity index (χ3v) is 8.44. The fourth-order valence-electron chi connectivity index (χ4n) is 6.30. The summed E-state index contributed by atoms with van der Waals surface area (Å²) in [5.74, 6) is 1.13. The number of carbonyl (C=O) groups excluding carboxylic acids is 1. The number of benzene rings is 1. The summed E-state index contributed by atoms with van der Waals surface area (Å²) < 4.78 is 2.27. The molecule has 0 radical (unpaired) electrons. The van der Waals surface area contributed by atoms with E-state index in [9.17, 15) is 4.79 Å². The van der Waals surface area contributed by atoms with Crippen LogP contribution >= 0.6 is 0 Å². The Balaban J connectivity index is 1.12. The number of aromatic nitrogens is 3. The molecule has 3 aromatic rings. The van der Waals surface area contributed by atoms with Crippen molar-refractivity contribution in [1.29, 1.82) is 0 Å². The zero-order chi connectivity index (χ0) is 27.4. The van der Waals surface area contributed by atoms with Crippen molar-refractivity contribution in [3.8, 4) is 0 Å². The molecule has 3 unspecified atom stereocenters. The maximum atomic E-state index is 12.9. The molecule has 11 nitrogen and oxygen atoms in total. The number of hydrazone groups is 1. The summed E-state index contributed by atoms with van der Waals surface area (Å²) in [7, 11) is 0. The van der Waals surface area contributed by atoms with Gasteiger partial charge in [-0.05, 0) is 37.3 Å². The topological polar surface area (TPSA) is 146 Å². The number of aryl methyl sites for hydroxylation is 1. The minimum absolute atomic E-state index is 0.0639. The largest absolute Gasteiger partial charge is 0.383 e. The second-order valence-corrected chi connectivity index (χ2v) is 10.9. The van der Waals surface area contributed by atoms with Crippen LogP contribution in [-0.4, -0.2) is 62.3 Å². The number of likely N-dealkylation sites (tertiary alicyclic amines) is 1. The monoisotopic (exact) mass is 536 g/mol. The first-order valence-electron chi connectivity index (χ1n) is 13.8. The zero-order valence-electron chi connectivity index (χ0n) is 22.3. The summed E-state index contributed by atoms with van der Waals surface area (Å²) in [5.41, 5.74) is 17.0. The number of aliphatic imine (C=N–C) groups is 1. The van der Waals surface area contributed by atoms with E-state index in [2.05, 4.69) is 46.1 Å². The van der Waals surface area contributed by atoms with Crippen LogP contribution in [0, 0.1) is 18.8 Å². The first-order chi connectivity index (χ1) is 19.5. The molecular formula is C29H32N10O. The Hall–Kier alpha value is -4.67. The number of nitrogens with two attached hydrogens (primary N) is 2. The van der Waals surface area contributed by atoms with E-state index in [-0.39, 0.29) is 30.0 Å². The normalized spacial score (nSPS) is 24.1. The molecule has 4 aliphatic rings. The molecule has 0 aliphatic carbocycles. The fourth-order valence-corrected chi connectivity index (χ4v) is 6.30. The summed E-state index contributed by atoms with van der Waals surface area (Å²) in [6, 6.07) is 12.0. The van der Waals surface area contributed by atoms with Gasteiger partial charge in [-0.3, -0.25) is 14.9 Å². The number of fused-ring (bicyclic) bond motifs is 2. The SMILES string of the molecule is Cc1cn(C2CCN(C(=O)c3cc(N)n[nH]3)CC2)c2c1=C(N)N1N=CC(C3C=NC(c4ccccc4)=CC3)C1N=2. The van der Waals surface area contributed by atoms with Gasteiger partial charge in [0.05, 0.1) is 10.9 Å². The third-order valence-electron chi connectivity index (χ3n) is 8.44. The number of aromatic amines is 1. The summed E-state index contributed by atoms with van der Waals surface area (Å²) in [5, 5.41) is 14.1. The summed E-state index contributed by atoms with van der Waals surface area (Å²) in [6.07, 6.45) is 10.7. The van der Waals surface area contributed by atoms with E-state index in [1.807, 2.05) is 40.5 Å². The number of nitrogen functional groups attached to an aromatic ring is 1. The van der Waals surface area contributed by atoms with E-state index in [4.69, 9.17) is 26.6 Å². The van der Waals surface area contributed by atoms with Crippen molar-refractivity contribution >= 4 is 35.7 Å². The average molecular weight is 537 g/mol. The molecule has 0 bridgehead atoms. The Kier molecular flexibility index (Phi) is 5.79. The first-order valence-corrected chi connectivity index (χ1v) is 13.8. The second-order valence-electron chi connectivity index (χ2n) is 10.9. The van der Waals surface area contributed by atoms with Crippen molar-refractivity contribution in [1.82, 2.24) is 24.7 Å². The molecule has 3 atom stereocenters. The van der Waals surface area contributed by atoms with Crippen molar-refractivity contribution in [2.24, 2.45) is 32.7 Å². The molecule has 2 aromatic heterocycles. The first kappa shape index (κ1) is 24.4. The molecule has 204 valence electrons. The van der Waals surface area contributed by atoms with Gasteiger partial charge in [0, 0.05) is 55.7 Å². The predicted molar refractivity (Wildman–Crippen MR) is 153 cm³/mol. The predicted octanol–water partition coefficient (Wildman–Crippen LogP) is 1.61. The molecule has 0 saturated carbocycles. The van der Waals surface area contributed by atoms with Gasteiger partial charge in [-0.15, -0.1) is 0 Å². The van der Waals surface area contributed by atoms with Gasteiger partial charge >= 0.3 is 0 Å². The highest BCUT2D eigenvalue weighted by molar-refractivity contribution is 5.93. The van der Waals surface area contributed by atoms with Gasteiger partial charge in [0.25, 0.3) is 5.91 Å². The number of rotatable bonds is 4. The highest BCUT2D eigenvalue weighted by Gasteiger charge is 2.40. The Morgan fingerprint density at radius 2 is 1.90 bits per heavy atom. The molecule has 1 saturated heterocycles. The molecule has 40 heavy (non-hydrogen) atoms. The second kappa shape index (κ2) is 9.51. The number of anilines is 1. The van der Waals surface area contributed by atoms with Crippen LogP contribution in [-0.2, 0) is 0 Å². The van der Waals surface area contributed by atoms with Gasteiger partial charge in [-0.1, -0.05) is 36.4 Å². The van der Waals surface area contributed by atoms with Crippen LogP contribution in [0.15, 0.2) is 63.8 Å². The van der Waals surface area contributed by atoms with Crippen molar-refractivity contribution in [2.45, 2.75) is 38.4 Å². The summed E-state index contributed by atoms with van der Waals surface area (Å²) in [4.78, 5) is 24.8. The summed E-state index contributed by atoms with van der Waals surface area (Å²) >= 11 is 0. The standard InChI is InChI=1S/C29H32N10O/c1-17-16-38(20-9-11-37(12-10-20)29(40)23-13-24(30)36-35-23)28-25(17)26(31)39-27(34-28)21(15-33-39)19-7-8-22(32-14-19)18-5-3-2-4-6-18/h2-6,8,13-16,19-21,27H,7,9-12,31H2,1H3,(H3,30,35,36). The number of nitrogens with zero attached hydrogens (tertiary/aromatic N) is 7. The number of allylic oxidation sites excluding steroid dienone is 1. The lowest BCUT2D eigenvalue weighted by molar-refractivity contribution is 0.0687. The van der Waals surface area contributed by atoms with Crippen molar-refractivity contribution in [3.05, 3.63) is 76.2 Å². The van der Waals surface area contributed by atoms with E-state index in [0.29, 0.717) is 30.4 Å². The van der Waals surface area contributed by atoms with E-state index in [1.54, 1.807) is 6.07 Å². The minimum Gasteiger partial charge on any atom is -0.383 e. The molecule has 6 heterocycles. The number of amides is 1. The number of H-pyrrole nitrogens is 1. The number of hydrogen-bond donors (Lipinski definition) is 3. The average Bonchev–Trinajstić information content (AvgIpc) is 3.71. The Morgan fingerprint density at radius 3 is 2.60 bits per heavy atom. The molecule has 1 amide bonds. The Bertz CT molecular complexity index is 1670. The van der Waals surface area contributed by atoms with Gasteiger partial charge in [0.15, 0.2) is 6.17 Å². The Labute approximate surface area is 231 Å². The smallest absolute Gasteiger partial charge is 0.271 e. The fraction of sp³-hybridized carbons (Fsp3) is 0.345. The minimum atomic E-state index is -0.212. The summed E-state index contributed by atoms with van der Waals surface area (Å²) in [6.45, 7) is 3.35. The van der Waals surface area contributed by atoms with Crippen LogP contribution in [0.2, 0.25) is 0 Å². The van der Waals surface area contributed by atoms with Crippen LogP contribution < -0.4 is 22.2 Å². The Morgan fingerprint density at radius 1 is 1.10 bits per heavy atom. The third kappa shape index (κ3) is 4.00. The number of piperidine rings is 1. The van der Waals surface area contributed by atoms with Gasteiger partial charge in [0.1, 0.15) is 22.8 Å². The maximum Gasteiger partial charge on any atom is 0.271 e. The highest BCUT2D eigenvalue weighted by atomic mass is 16.2. The van der Waals surface area contributed by atoms with Crippen LogP contribution in [0.1, 0.15) is 46.9 Å².